The highest BCUT2D eigenvalue weighted by atomic mass is 16.4. The number of hydrogen-bond donors (Lipinski definition) is 1. The molecule has 1 aromatic rings. The number of aldehydes is 1. The topological polar surface area (TPSA) is 54.4 Å². The largest absolute Gasteiger partial charge is 0.481 e. The van der Waals surface area contributed by atoms with Gasteiger partial charge in [0, 0.05) is 5.56 Å². The van der Waals surface area contributed by atoms with E-state index in [1.54, 1.807) is 18.2 Å². The van der Waals surface area contributed by atoms with Crippen LogP contribution in [0.3, 0.4) is 0 Å². The smallest absolute Gasteiger partial charge is 0.307 e. The average molecular weight is 190 g/mol. The Labute approximate surface area is 81.4 Å². The summed E-state index contributed by atoms with van der Waals surface area (Å²) in [6.45, 7) is 0. The maximum Gasteiger partial charge on any atom is 0.307 e. The Hall–Kier alpha value is -1.64. The molecule has 0 saturated heterocycles. The zero-order valence-corrected chi connectivity index (χ0v) is 7.51. The molecule has 0 amide bonds. The minimum absolute atomic E-state index is 0.104. The van der Waals surface area contributed by atoms with Crippen LogP contribution in [0.25, 0.3) is 0 Å². The first-order valence-corrected chi connectivity index (χ1v) is 4.50. The minimum atomic E-state index is -0.744. The Morgan fingerprint density at radius 2 is 2.29 bits per heavy atom. The van der Waals surface area contributed by atoms with E-state index in [9.17, 15) is 9.59 Å². The Balaban J connectivity index is 2.18. The molecule has 1 fully saturated rings. The summed E-state index contributed by atoms with van der Waals surface area (Å²) >= 11 is 0. The summed E-state index contributed by atoms with van der Waals surface area (Å²) < 4.78 is 0. The summed E-state index contributed by atoms with van der Waals surface area (Å²) in [4.78, 5) is 21.1. The van der Waals surface area contributed by atoms with Crippen molar-refractivity contribution in [1.29, 1.82) is 0 Å². The van der Waals surface area contributed by atoms with E-state index in [1.807, 2.05) is 6.07 Å². The monoisotopic (exact) mass is 190 g/mol. The predicted octanol–water partition coefficient (Wildman–Crippen LogP) is 1.69. The molecule has 0 aliphatic heterocycles. The fourth-order valence-corrected chi connectivity index (χ4v) is 1.70. The molecule has 2 rings (SSSR count). The molecule has 3 heteroatoms. The van der Waals surface area contributed by atoms with E-state index in [0.29, 0.717) is 12.0 Å². The number of carboxylic acid groups (broad SMARTS) is 1. The number of carboxylic acids is 1. The second kappa shape index (κ2) is 3.25. The number of carbonyl (C=O) groups is 2. The first-order valence-electron chi connectivity index (χ1n) is 4.50. The van der Waals surface area contributed by atoms with Gasteiger partial charge in [0.05, 0.1) is 5.92 Å². The second-order valence-electron chi connectivity index (χ2n) is 3.57. The van der Waals surface area contributed by atoms with Gasteiger partial charge in [-0.2, -0.15) is 0 Å². The van der Waals surface area contributed by atoms with E-state index in [4.69, 9.17) is 5.11 Å². The van der Waals surface area contributed by atoms with E-state index in [0.717, 1.165) is 11.8 Å². The summed E-state index contributed by atoms with van der Waals surface area (Å²) in [6.07, 6.45) is 1.47. The van der Waals surface area contributed by atoms with E-state index >= 15 is 0 Å². The Morgan fingerprint density at radius 3 is 2.86 bits per heavy atom. The number of aliphatic carboxylic acids is 1. The number of hydrogen-bond acceptors (Lipinski definition) is 2. The third-order valence-corrected chi connectivity index (χ3v) is 2.58. The van der Waals surface area contributed by atoms with Crippen molar-refractivity contribution in [3.63, 3.8) is 0 Å². The SMILES string of the molecule is O=Cc1cccc(C2C[C@H]2C(=O)O)c1. The molecule has 1 aliphatic rings. The van der Waals surface area contributed by atoms with Crippen LogP contribution in [0, 0.1) is 5.92 Å². The standard InChI is InChI=1S/C11H10O3/c12-6-7-2-1-3-8(4-7)9-5-10(9)11(13)14/h1-4,6,9-10H,5H2,(H,13,14)/t9?,10-/m1/s1. The summed E-state index contributed by atoms with van der Waals surface area (Å²) in [7, 11) is 0. The summed E-state index contributed by atoms with van der Waals surface area (Å²) in [5.41, 5.74) is 1.57. The van der Waals surface area contributed by atoms with Gasteiger partial charge in [0.1, 0.15) is 6.29 Å². The van der Waals surface area contributed by atoms with Crippen LogP contribution in [0.5, 0.6) is 0 Å². The molecule has 0 aromatic heterocycles. The molecule has 3 nitrogen and oxygen atoms in total. The normalized spacial score (nSPS) is 24.3. The summed E-state index contributed by atoms with van der Waals surface area (Å²) in [5, 5.41) is 8.74. The molecule has 0 radical (unpaired) electrons. The van der Waals surface area contributed by atoms with Gasteiger partial charge in [-0.3, -0.25) is 9.59 Å². The van der Waals surface area contributed by atoms with Crippen molar-refractivity contribution in [2.75, 3.05) is 0 Å². The minimum Gasteiger partial charge on any atom is -0.481 e. The lowest BCUT2D eigenvalue weighted by molar-refractivity contribution is -0.138. The van der Waals surface area contributed by atoms with Gasteiger partial charge < -0.3 is 5.11 Å². The summed E-state index contributed by atoms with van der Waals surface area (Å²) in [5.74, 6) is -0.893. The van der Waals surface area contributed by atoms with Crippen molar-refractivity contribution < 1.29 is 14.7 Å². The third-order valence-electron chi connectivity index (χ3n) is 2.58. The van der Waals surface area contributed by atoms with E-state index in [2.05, 4.69) is 0 Å². The second-order valence-corrected chi connectivity index (χ2v) is 3.57. The van der Waals surface area contributed by atoms with Crippen LogP contribution in [0.1, 0.15) is 28.3 Å². The molecule has 72 valence electrons. The highest BCUT2D eigenvalue weighted by molar-refractivity contribution is 5.77. The van der Waals surface area contributed by atoms with E-state index in [-0.39, 0.29) is 11.8 Å². The van der Waals surface area contributed by atoms with Crippen molar-refractivity contribution in [3.8, 4) is 0 Å². The molecule has 14 heavy (non-hydrogen) atoms. The first kappa shape index (κ1) is 8.94. The molecule has 1 aliphatic carbocycles. The lowest BCUT2D eigenvalue weighted by Crippen LogP contribution is -1.99. The van der Waals surface area contributed by atoms with E-state index < -0.39 is 5.97 Å². The molecule has 1 unspecified atom stereocenters. The average Bonchev–Trinajstić information content (AvgIpc) is 2.97. The molecule has 1 N–H and O–H groups in total. The van der Waals surface area contributed by atoms with Gasteiger partial charge in [0.25, 0.3) is 0 Å². The zero-order chi connectivity index (χ0) is 10.1. The molecule has 1 saturated carbocycles. The maximum atomic E-state index is 10.6. The lowest BCUT2D eigenvalue weighted by atomic mass is 10.1. The van der Waals surface area contributed by atoms with E-state index in [1.165, 1.54) is 0 Å². The van der Waals surface area contributed by atoms with Crippen LogP contribution < -0.4 is 0 Å². The number of carbonyl (C=O) groups excluding carboxylic acids is 1. The fourth-order valence-electron chi connectivity index (χ4n) is 1.70. The maximum absolute atomic E-state index is 10.6. The zero-order valence-electron chi connectivity index (χ0n) is 7.51. The summed E-state index contributed by atoms with van der Waals surface area (Å²) in [6, 6.07) is 7.15. The van der Waals surface area contributed by atoms with Gasteiger partial charge in [0.2, 0.25) is 0 Å². The molecular formula is C11H10O3. The van der Waals surface area contributed by atoms with Crippen LogP contribution in [0.2, 0.25) is 0 Å². The Bertz CT molecular complexity index is 384. The predicted molar refractivity (Wildman–Crippen MR) is 50.3 cm³/mol. The molecule has 1 aromatic carbocycles. The third kappa shape index (κ3) is 1.53. The van der Waals surface area contributed by atoms with Crippen molar-refractivity contribution >= 4 is 12.3 Å². The lowest BCUT2D eigenvalue weighted by Gasteiger charge is -1.98. The van der Waals surface area contributed by atoms with Crippen LogP contribution >= 0.6 is 0 Å². The highest BCUT2D eigenvalue weighted by Crippen LogP contribution is 2.47. The van der Waals surface area contributed by atoms with Gasteiger partial charge >= 0.3 is 5.97 Å². The quantitative estimate of drug-likeness (QED) is 0.738. The van der Waals surface area contributed by atoms with Crippen molar-refractivity contribution in [2.45, 2.75) is 12.3 Å². The van der Waals surface area contributed by atoms with Crippen LogP contribution in [-0.4, -0.2) is 17.4 Å². The van der Waals surface area contributed by atoms with Crippen molar-refractivity contribution in [3.05, 3.63) is 35.4 Å². The van der Waals surface area contributed by atoms with Crippen LogP contribution in [0.4, 0.5) is 0 Å². The van der Waals surface area contributed by atoms with Gasteiger partial charge in [-0.05, 0) is 24.0 Å². The van der Waals surface area contributed by atoms with Crippen LogP contribution in [-0.2, 0) is 4.79 Å². The van der Waals surface area contributed by atoms with Gasteiger partial charge in [0.15, 0.2) is 0 Å². The fraction of sp³-hybridized carbons (Fsp3) is 0.273. The highest BCUT2D eigenvalue weighted by Gasteiger charge is 2.44. The van der Waals surface area contributed by atoms with Crippen molar-refractivity contribution in [1.82, 2.24) is 0 Å². The van der Waals surface area contributed by atoms with Gasteiger partial charge in [-0.1, -0.05) is 18.2 Å². The number of benzene rings is 1. The van der Waals surface area contributed by atoms with Crippen LogP contribution in [0.15, 0.2) is 24.3 Å². The molecule has 0 bridgehead atoms. The Morgan fingerprint density at radius 1 is 1.50 bits per heavy atom. The molecule has 0 heterocycles. The van der Waals surface area contributed by atoms with Crippen molar-refractivity contribution in [2.24, 2.45) is 5.92 Å². The van der Waals surface area contributed by atoms with Gasteiger partial charge in [-0.15, -0.1) is 0 Å². The molecule has 0 spiro atoms. The van der Waals surface area contributed by atoms with Gasteiger partial charge in [-0.25, -0.2) is 0 Å². The first-order chi connectivity index (χ1) is 6.72. The molecule has 2 atom stereocenters. The molecular weight excluding hydrogens is 180 g/mol. The Kier molecular flexibility index (Phi) is 2.08. The number of rotatable bonds is 3.